The van der Waals surface area contributed by atoms with Gasteiger partial charge in [0.25, 0.3) is 11.5 Å². The van der Waals surface area contributed by atoms with Crippen molar-refractivity contribution in [2.24, 2.45) is 0 Å². The molecular formula is C19H20N6O2. The minimum atomic E-state index is -0.159. The molecule has 8 heteroatoms. The van der Waals surface area contributed by atoms with Crippen molar-refractivity contribution in [2.75, 3.05) is 6.54 Å². The number of aromatic nitrogens is 5. The van der Waals surface area contributed by atoms with E-state index in [4.69, 9.17) is 0 Å². The summed E-state index contributed by atoms with van der Waals surface area (Å²) in [5.41, 5.74) is 2.43. The molecule has 1 N–H and O–H groups in total. The molecule has 0 bridgehead atoms. The summed E-state index contributed by atoms with van der Waals surface area (Å²) in [7, 11) is 0. The minimum Gasteiger partial charge on any atom is -0.352 e. The van der Waals surface area contributed by atoms with E-state index in [0.29, 0.717) is 29.7 Å². The van der Waals surface area contributed by atoms with Crippen LogP contribution in [0.3, 0.4) is 0 Å². The number of fused-ring (bicyclic) bond motifs is 3. The van der Waals surface area contributed by atoms with Gasteiger partial charge in [-0.05, 0) is 43.7 Å². The number of rotatable bonds is 6. The molecule has 0 atom stereocenters. The first-order valence-electron chi connectivity index (χ1n) is 8.95. The second-order valence-corrected chi connectivity index (χ2v) is 6.26. The van der Waals surface area contributed by atoms with Crippen LogP contribution in [-0.4, -0.2) is 36.4 Å². The van der Waals surface area contributed by atoms with E-state index in [0.717, 1.165) is 18.5 Å². The van der Waals surface area contributed by atoms with Crippen molar-refractivity contribution in [1.82, 2.24) is 29.3 Å². The van der Waals surface area contributed by atoms with Gasteiger partial charge in [0.1, 0.15) is 5.52 Å². The van der Waals surface area contributed by atoms with Crippen LogP contribution in [0, 0.1) is 0 Å². The third-order valence-corrected chi connectivity index (χ3v) is 4.59. The van der Waals surface area contributed by atoms with Crippen molar-refractivity contribution in [3.05, 3.63) is 64.8 Å². The van der Waals surface area contributed by atoms with Gasteiger partial charge in [-0.25, -0.2) is 4.52 Å². The molecule has 0 aliphatic heterocycles. The Labute approximate surface area is 155 Å². The highest BCUT2D eigenvalue weighted by Gasteiger charge is 2.13. The zero-order valence-electron chi connectivity index (χ0n) is 15.0. The Morgan fingerprint density at radius 3 is 2.78 bits per heavy atom. The Morgan fingerprint density at radius 1 is 1.11 bits per heavy atom. The van der Waals surface area contributed by atoms with Crippen LogP contribution in [0.2, 0.25) is 0 Å². The fourth-order valence-corrected chi connectivity index (χ4v) is 3.26. The number of nitrogens with one attached hydrogen (secondary N) is 1. The lowest BCUT2D eigenvalue weighted by molar-refractivity contribution is 0.0952. The quantitative estimate of drug-likeness (QED) is 0.528. The highest BCUT2D eigenvalue weighted by atomic mass is 16.1. The summed E-state index contributed by atoms with van der Waals surface area (Å²) in [6, 6.07) is 8.92. The smallest absolute Gasteiger partial charge is 0.277 e. The fourth-order valence-electron chi connectivity index (χ4n) is 3.26. The van der Waals surface area contributed by atoms with Crippen LogP contribution in [0.15, 0.2) is 53.7 Å². The van der Waals surface area contributed by atoms with Gasteiger partial charge in [0.05, 0.1) is 17.2 Å². The van der Waals surface area contributed by atoms with Gasteiger partial charge < -0.3 is 9.88 Å². The second-order valence-electron chi connectivity index (χ2n) is 6.26. The summed E-state index contributed by atoms with van der Waals surface area (Å²) < 4.78 is 5.12. The normalized spacial score (nSPS) is 11.3. The van der Waals surface area contributed by atoms with E-state index in [-0.39, 0.29) is 11.5 Å². The molecule has 0 aliphatic rings. The predicted octanol–water partition coefficient (Wildman–Crippen LogP) is 1.69. The first-order valence-corrected chi connectivity index (χ1v) is 8.95. The van der Waals surface area contributed by atoms with Crippen molar-refractivity contribution in [3.8, 4) is 0 Å². The lowest BCUT2D eigenvalue weighted by Crippen LogP contribution is -2.26. The van der Waals surface area contributed by atoms with Crippen LogP contribution in [0.25, 0.3) is 16.6 Å². The zero-order valence-corrected chi connectivity index (χ0v) is 15.0. The van der Waals surface area contributed by atoms with E-state index in [1.165, 1.54) is 0 Å². The number of carbonyl (C=O) groups excluding carboxylic acids is 1. The molecule has 1 aromatic carbocycles. The first-order chi connectivity index (χ1) is 13.2. The van der Waals surface area contributed by atoms with Gasteiger partial charge in [0.15, 0.2) is 0 Å². The molecule has 0 radical (unpaired) electrons. The molecule has 3 aromatic heterocycles. The molecule has 4 rings (SSSR count). The van der Waals surface area contributed by atoms with E-state index >= 15 is 0 Å². The molecule has 0 fully saturated rings. The molecule has 0 saturated carbocycles. The van der Waals surface area contributed by atoms with Gasteiger partial charge in [-0.3, -0.25) is 14.3 Å². The first kappa shape index (κ1) is 17.0. The van der Waals surface area contributed by atoms with E-state index in [1.54, 1.807) is 39.7 Å². The van der Waals surface area contributed by atoms with Crippen LogP contribution in [0.1, 0.15) is 23.7 Å². The van der Waals surface area contributed by atoms with Gasteiger partial charge in [-0.1, -0.05) is 0 Å². The number of carbonyl (C=O) groups is 1. The lowest BCUT2D eigenvalue weighted by atomic mass is 10.1. The van der Waals surface area contributed by atoms with Crippen molar-refractivity contribution in [2.45, 2.75) is 26.4 Å². The number of benzene rings is 1. The Bertz CT molecular complexity index is 1160. The van der Waals surface area contributed by atoms with Crippen molar-refractivity contribution in [3.63, 3.8) is 0 Å². The van der Waals surface area contributed by atoms with Crippen LogP contribution in [0.4, 0.5) is 0 Å². The number of nitrogens with zero attached hydrogens (tertiary/aromatic N) is 5. The summed E-state index contributed by atoms with van der Waals surface area (Å²) in [5.74, 6) is -0.159. The van der Waals surface area contributed by atoms with Gasteiger partial charge in [0.2, 0.25) is 0 Å². The molecular weight excluding hydrogens is 344 g/mol. The fraction of sp³-hybridized carbons (Fsp3) is 0.263. The highest BCUT2D eigenvalue weighted by molar-refractivity contribution is 5.97. The third kappa shape index (κ3) is 3.10. The van der Waals surface area contributed by atoms with Crippen molar-refractivity contribution >= 4 is 22.5 Å². The van der Waals surface area contributed by atoms with E-state index in [1.807, 2.05) is 29.9 Å². The monoisotopic (exact) mass is 364 g/mol. The highest BCUT2D eigenvalue weighted by Crippen LogP contribution is 2.16. The predicted molar refractivity (Wildman–Crippen MR) is 102 cm³/mol. The molecule has 8 nitrogen and oxygen atoms in total. The number of hydrogen-bond acceptors (Lipinski definition) is 4. The van der Waals surface area contributed by atoms with E-state index in [9.17, 15) is 9.59 Å². The molecule has 1 amide bonds. The van der Waals surface area contributed by atoms with Gasteiger partial charge >= 0.3 is 0 Å². The van der Waals surface area contributed by atoms with E-state index in [2.05, 4.69) is 15.5 Å². The number of aryl methyl sites for hydroxylation is 2. The Hall–Kier alpha value is -3.42. The van der Waals surface area contributed by atoms with Crippen LogP contribution in [0.5, 0.6) is 0 Å². The molecule has 138 valence electrons. The van der Waals surface area contributed by atoms with Crippen LogP contribution < -0.4 is 10.9 Å². The summed E-state index contributed by atoms with van der Waals surface area (Å²) >= 11 is 0. The SMILES string of the molecule is CCn1c(=O)c2ccnn2c2ccc(C(=O)NCCCn3cccn3)cc21. The lowest BCUT2D eigenvalue weighted by Gasteiger charge is -2.12. The van der Waals surface area contributed by atoms with Crippen molar-refractivity contribution in [1.29, 1.82) is 0 Å². The average Bonchev–Trinajstić information content (AvgIpc) is 3.37. The molecule has 0 aliphatic carbocycles. The second kappa shape index (κ2) is 7.06. The molecule has 4 aromatic rings. The Kier molecular flexibility index (Phi) is 4.45. The summed E-state index contributed by atoms with van der Waals surface area (Å²) in [6.45, 7) is 3.73. The van der Waals surface area contributed by atoms with E-state index < -0.39 is 0 Å². The van der Waals surface area contributed by atoms with Gasteiger partial charge in [-0.2, -0.15) is 10.2 Å². The zero-order chi connectivity index (χ0) is 18.8. The largest absolute Gasteiger partial charge is 0.352 e. The molecule has 0 saturated heterocycles. The van der Waals surface area contributed by atoms with Crippen LogP contribution in [-0.2, 0) is 13.1 Å². The Morgan fingerprint density at radius 2 is 2.00 bits per heavy atom. The minimum absolute atomic E-state index is 0.112. The van der Waals surface area contributed by atoms with Gasteiger partial charge in [-0.15, -0.1) is 0 Å². The average molecular weight is 364 g/mol. The standard InChI is InChI=1S/C19H20N6O2/c1-2-24-17-13-14(18(26)20-8-3-11-23-12-4-9-21-23)5-6-15(17)25-16(19(24)27)7-10-22-25/h4-7,9-10,12-13H,2-3,8,11H2,1H3,(H,20,26). The molecule has 0 unspecified atom stereocenters. The summed E-state index contributed by atoms with van der Waals surface area (Å²) in [4.78, 5) is 25.1. The maximum Gasteiger partial charge on any atom is 0.277 e. The van der Waals surface area contributed by atoms with Gasteiger partial charge in [0, 0.05) is 37.6 Å². The summed E-state index contributed by atoms with van der Waals surface area (Å²) in [5, 5.41) is 11.3. The number of hydrogen-bond donors (Lipinski definition) is 1. The molecule has 0 spiro atoms. The third-order valence-electron chi connectivity index (χ3n) is 4.59. The molecule has 3 heterocycles. The topological polar surface area (TPSA) is 86.2 Å². The molecule has 27 heavy (non-hydrogen) atoms. The Balaban J connectivity index is 1.58. The maximum absolute atomic E-state index is 12.6. The maximum atomic E-state index is 12.6. The van der Waals surface area contributed by atoms with Crippen molar-refractivity contribution < 1.29 is 4.79 Å². The number of amides is 1. The summed E-state index contributed by atoms with van der Waals surface area (Å²) in [6.07, 6.45) is 6.02. The van der Waals surface area contributed by atoms with Crippen LogP contribution >= 0.6 is 0 Å².